The number of thioether (sulfide) groups is 2. The molecule has 0 aliphatic rings. The molecule has 0 aliphatic heterocycles. The molecule has 1 atom stereocenters. The standard InChI is InChI=1S/C12H16O5S2.C5H6O/c1-9(14)11(15)17-12(7-13,8-18-2)19-6-10-4-3-5-16-10;1-5-3-2-4-6-5/h3-5,13-14H,1,6-8H2,2H3;2-4H,1H3. The Hall–Kier alpha value is -1.77. The summed E-state index contributed by atoms with van der Waals surface area (Å²) in [5, 5.41) is 18.5. The van der Waals surface area contributed by atoms with Gasteiger partial charge in [-0.3, -0.25) is 0 Å². The topological polar surface area (TPSA) is 93.0 Å². The molecule has 1 unspecified atom stereocenters. The molecule has 6 nitrogen and oxygen atoms in total. The van der Waals surface area contributed by atoms with Crippen LogP contribution in [0.2, 0.25) is 0 Å². The van der Waals surface area contributed by atoms with Gasteiger partial charge in [-0.05, 0) is 44.0 Å². The van der Waals surface area contributed by atoms with E-state index in [1.165, 1.54) is 23.5 Å². The van der Waals surface area contributed by atoms with Crippen molar-refractivity contribution in [3.8, 4) is 0 Å². The lowest BCUT2D eigenvalue weighted by Gasteiger charge is -2.29. The molecule has 0 amide bonds. The van der Waals surface area contributed by atoms with E-state index < -0.39 is 16.7 Å². The first-order valence-electron chi connectivity index (χ1n) is 7.30. The highest BCUT2D eigenvalue weighted by Crippen LogP contribution is 2.33. The number of furan rings is 2. The molecule has 2 heterocycles. The Kier molecular flexibility index (Phi) is 9.33. The molecule has 2 rings (SSSR count). The Morgan fingerprint density at radius 2 is 2.00 bits per heavy atom. The maximum Gasteiger partial charge on any atom is 0.374 e. The van der Waals surface area contributed by atoms with Crippen molar-refractivity contribution in [3.63, 3.8) is 0 Å². The minimum Gasteiger partial charge on any atom is -0.502 e. The van der Waals surface area contributed by atoms with Gasteiger partial charge in [-0.25, -0.2) is 4.79 Å². The highest BCUT2D eigenvalue weighted by molar-refractivity contribution is 8.03. The van der Waals surface area contributed by atoms with E-state index in [0.717, 1.165) is 5.76 Å². The Labute approximate surface area is 155 Å². The van der Waals surface area contributed by atoms with Gasteiger partial charge in [0.1, 0.15) is 11.5 Å². The van der Waals surface area contributed by atoms with E-state index in [1.807, 2.05) is 25.3 Å². The number of aryl methyl sites for hydroxylation is 1. The first-order chi connectivity index (χ1) is 11.9. The second kappa shape index (κ2) is 11.0. The molecule has 0 aromatic carbocycles. The van der Waals surface area contributed by atoms with E-state index in [0.29, 0.717) is 17.3 Å². The Balaban J connectivity index is 0.000000435. The molecule has 0 bridgehead atoms. The van der Waals surface area contributed by atoms with E-state index in [9.17, 15) is 9.90 Å². The maximum atomic E-state index is 11.4. The van der Waals surface area contributed by atoms with Crippen molar-refractivity contribution in [2.24, 2.45) is 0 Å². The molecule has 2 aromatic rings. The summed E-state index contributed by atoms with van der Waals surface area (Å²) in [5.41, 5.74) is 0. The van der Waals surface area contributed by atoms with Gasteiger partial charge in [-0.1, -0.05) is 0 Å². The number of rotatable bonds is 8. The number of hydrogen-bond acceptors (Lipinski definition) is 8. The lowest BCUT2D eigenvalue weighted by atomic mass is 10.4. The molecule has 8 heteroatoms. The van der Waals surface area contributed by atoms with Crippen LogP contribution in [0.3, 0.4) is 0 Å². The second-order valence-corrected chi connectivity index (χ2v) is 7.12. The average Bonchev–Trinajstić information content (AvgIpc) is 3.27. The molecule has 2 N–H and O–H groups in total. The fourth-order valence-electron chi connectivity index (χ4n) is 1.63. The largest absolute Gasteiger partial charge is 0.502 e. The third kappa shape index (κ3) is 7.76. The zero-order chi connectivity index (χ0) is 18.7. The van der Waals surface area contributed by atoms with Gasteiger partial charge in [-0.2, -0.15) is 11.8 Å². The van der Waals surface area contributed by atoms with Crippen molar-refractivity contribution in [1.29, 1.82) is 0 Å². The van der Waals surface area contributed by atoms with Crippen LogP contribution in [0.5, 0.6) is 0 Å². The summed E-state index contributed by atoms with van der Waals surface area (Å²) in [5.74, 6) is 0.887. The lowest BCUT2D eigenvalue weighted by Crippen LogP contribution is -2.38. The van der Waals surface area contributed by atoms with Crippen LogP contribution in [-0.4, -0.2) is 39.7 Å². The summed E-state index contributed by atoms with van der Waals surface area (Å²) in [7, 11) is 0. The summed E-state index contributed by atoms with van der Waals surface area (Å²) < 4.78 is 15.2. The smallest absolute Gasteiger partial charge is 0.374 e. The molecule has 0 spiro atoms. The Bertz CT molecular complexity index is 624. The highest BCUT2D eigenvalue weighted by Gasteiger charge is 2.35. The number of esters is 1. The monoisotopic (exact) mass is 386 g/mol. The number of carbonyl (C=O) groups excluding carboxylic acids is 1. The number of aliphatic hydroxyl groups excluding tert-OH is 2. The molecular formula is C17H22O6S2. The Morgan fingerprint density at radius 3 is 2.40 bits per heavy atom. The van der Waals surface area contributed by atoms with Crippen molar-refractivity contribution >= 4 is 29.5 Å². The molecular weight excluding hydrogens is 364 g/mol. The van der Waals surface area contributed by atoms with Crippen LogP contribution in [0.4, 0.5) is 0 Å². The van der Waals surface area contributed by atoms with E-state index in [4.69, 9.17) is 18.7 Å². The summed E-state index contributed by atoms with van der Waals surface area (Å²) in [6, 6.07) is 7.34. The molecule has 138 valence electrons. The fraction of sp³-hybridized carbons (Fsp3) is 0.353. The number of ether oxygens (including phenoxy) is 1. The predicted molar refractivity (Wildman–Crippen MR) is 99.5 cm³/mol. The second-order valence-electron chi connectivity index (χ2n) is 4.93. The van der Waals surface area contributed by atoms with Crippen molar-refractivity contribution in [2.75, 3.05) is 18.6 Å². The van der Waals surface area contributed by atoms with Gasteiger partial charge in [0.05, 0.1) is 24.9 Å². The molecule has 0 fully saturated rings. The number of carbonyl (C=O) groups is 1. The molecule has 0 radical (unpaired) electrons. The molecule has 25 heavy (non-hydrogen) atoms. The van der Waals surface area contributed by atoms with Crippen molar-refractivity contribution in [3.05, 3.63) is 60.7 Å². The highest BCUT2D eigenvalue weighted by atomic mass is 32.2. The van der Waals surface area contributed by atoms with Crippen LogP contribution in [0.25, 0.3) is 0 Å². The maximum absolute atomic E-state index is 11.4. The third-order valence-corrected chi connectivity index (χ3v) is 5.09. The number of aliphatic hydroxyl groups is 2. The average molecular weight is 386 g/mol. The SMILES string of the molecule is C=C(O)C(=O)OC(CO)(CSC)SCc1ccco1.Cc1ccco1. The summed E-state index contributed by atoms with van der Waals surface area (Å²) >= 11 is 2.66. The van der Waals surface area contributed by atoms with Gasteiger partial charge in [0.15, 0.2) is 10.7 Å². The zero-order valence-electron chi connectivity index (χ0n) is 14.1. The molecule has 0 saturated carbocycles. The van der Waals surface area contributed by atoms with Crippen molar-refractivity contribution < 1.29 is 28.6 Å². The Morgan fingerprint density at radius 1 is 1.32 bits per heavy atom. The van der Waals surface area contributed by atoms with Gasteiger partial charge in [0.2, 0.25) is 0 Å². The van der Waals surface area contributed by atoms with E-state index >= 15 is 0 Å². The van der Waals surface area contributed by atoms with Crippen LogP contribution in [-0.2, 0) is 15.3 Å². The van der Waals surface area contributed by atoms with Crippen LogP contribution < -0.4 is 0 Å². The van der Waals surface area contributed by atoms with Gasteiger partial charge < -0.3 is 23.8 Å². The van der Waals surface area contributed by atoms with Gasteiger partial charge in [0, 0.05) is 5.75 Å². The lowest BCUT2D eigenvalue weighted by molar-refractivity contribution is -0.150. The first kappa shape index (κ1) is 21.3. The third-order valence-electron chi connectivity index (χ3n) is 2.84. The minimum absolute atomic E-state index is 0.363. The van der Waals surface area contributed by atoms with Gasteiger partial charge in [-0.15, -0.1) is 11.8 Å². The van der Waals surface area contributed by atoms with E-state index in [2.05, 4.69) is 6.58 Å². The van der Waals surface area contributed by atoms with Crippen LogP contribution in [0.15, 0.2) is 58.0 Å². The summed E-state index contributed by atoms with van der Waals surface area (Å²) in [6.45, 7) is 4.66. The zero-order valence-corrected chi connectivity index (χ0v) is 15.8. The number of hydrogen-bond donors (Lipinski definition) is 2. The minimum atomic E-state index is -1.13. The normalized spacial score (nSPS) is 12.6. The quantitative estimate of drug-likeness (QED) is 0.306. The summed E-state index contributed by atoms with van der Waals surface area (Å²) in [6.07, 6.45) is 5.04. The first-order valence-corrected chi connectivity index (χ1v) is 9.68. The van der Waals surface area contributed by atoms with Crippen molar-refractivity contribution in [2.45, 2.75) is 17.6 Å². The van der Waals surface area contributed by atoms with Crippen LogP contribution >= 0.6 is 23.5 Å². The molecule has 0 saturated heterocycles. The van der Waals surface area contributed by atoms with Crippen LogP contribution in [0, 0.1) is 6.92 Å². The molecule has 0 aliphatic carbocycles. The van der Waals surface area contributed by atoms with Gasteiger partial charge >= 0.3 is 5.97 Å². The summed E-state index contributed by atoms with van der Waals surface area (Å²) in [4.78, 5) is 10.3. The van der Waals surface area contributed by atoms with E-state index in [-0.39, 0.29) is 6.61 Å². The predicted octanol–water partition coefficient (Wildman–Crippen LogP) is 3.77. The van der Waals surface area contributed by atoms with Crippen LogP contribution in [0.1, 0.15) is 11.5 Å². The van der Waals surface area contributed by atoms with Crippen molar-refractivity contribution in [1.82, 2.24) is 0 Å². The van der Waals surface area contributed by atoms with Gasteiger partial charge in [0.25, 0.3) is 0 Å². The fourth-order valence-corrected chi connectivity index (χ4v) is 3.70. The van der Waals surface area contributed by atoms with E-state index in [1.54, 1.807) is 24.7 Å². The molecule has 2 aromatic heterocycles.